The summed E-state index contributed by atoms with van der Waals surface area (Å²) in [5, 5.41) is 16.4. The summed E-state index contributed by atoms with van der Waals surface area (Å²) in [6.07, 6.45) is 0. The molecule has 1 aromatic heterocycles. The van der Waals surface area contributed by atoms with Crippen molar-refractivity contribution in [2.24, 2.45) is 7.05 Å². The molecule has 0 aliphatic heterocycles. The summed E-state index contributed by atoms with van der Waals surface area (Å²) in [4.78, 5) is 11.6. The molecular formula is C14H16FN3O3. The summed E-state index contributed by atoms with van der Waals surface area (Å²) in [7, 11) is 3.11. The van der Waals surface area contributed by atoms with E-state index in [9.17, 15) is 14.3 Å². The van der Waals surface area contributed by atoms with Crippen LogP contribution in [0.25, 0.3) is 0 Å². The maximum Gasteiger partial charge on any atom is 0.331 e. The van der Waals surface area contributed by atoms with Crippen LogP contribution in [-0.4, -0.2) is 28.0 Å². The van der Waals surface area contributed by atoms with Crippen LogP contribution in [-0.2, 0) is 11.8 Å². The van der Waals surface area contributed by atoms with E-state index in [2.05, 4.69) is 10.4 Å². The summed E-state index contributed by atoms with van der Waals surface area (Å²) in [6.45, 7) is 1.70. The minimum atomic E-state index is -1.10. The molecule has 2 aromatic rings. The number of nitrogens with zero attached hydrogens (tertiary/aromatic N) is 2. The van der Waals surface area contributed by atoms with Crippen molar-refractivity contribution in [1.29, 1.82) is 0 Å². The molecule has 2 rings (SSSR count). The predicted molar refractivity (Wildman–Crippen MR) is 74.9 cm³/mol. The Labute approximate surface area is 121 Å². The molecule has 0 radical (unpaired) electrons. The summed E-state index contributed by atoms with van der Waals surface area (Å²) >= 11 is 0. The lowest BCUT2D eigenvalue weighted by Gasteiger charge is -2.17. The van der Waals surface area contributed by atoms with Crippen LogP contribution < -0.4 is 10.1 Å². The summed E-state index contributed by atoms with van der Waals surface area (Å²) in [5.41, 5.74) is 1.31. The topological polar surface area (TPSA) is 76.4 Å². The third kappa shape index (κ3) is 2.96. The maximum atomic E-state index is 13.2. The zero-order chi connectivity index (χ0) is 15.6. The third-order valence-electron chi connectivity index (χ3n) is 3.08. The molecule has 0 amide bonds. The van der Waals surface area contributed by atoms with Crippen molar-refractivity contribution in [3.8, 4) is 5.88 Å². The fraction of sp³-hybridized carbons (Fsp3) is 0.286. The number of carboxylic acid groups (broad SMARTS) is 1. The number of rotatable bonds is 5. The van der Waals surface area contributed by atoms with Crippen LogP contribution in [0.15, 0.2) is 24.3 Å². The maximum absolute atomic E-state index is 13.2. The minimum Gasteiger partial charge on any atom is -0.481 e. The van der Waals surface area contributed by atoms with Gasteiger partial charge in [-0.05, 0) is 25.1 Å². The van der Waals surface area contributed by atoms with Gasteiger partial charge in [-0.25, -0.2) is 13.9 Å². The average Bonchev–Trinajstić information content (AvgIpc) is 2.69. The van der Waals surface area contributed by atoms with E-state index in [0.29, 0.717) is 22.8 Å². The molecule has 112 valence electrons. The van der Waals surface area contributed by atoms with Gasteiger partial charge in [0.25, 0.3) is 0 Å². The second-order valence-electron chi connectivity index (χ2n) is 4.56. The van der Waals surface area contributed by atoms with E-state index in [1.807, 2.05) is 0 Å². The van der Waals surface area contributed by atoms with Crippen molar-refractivity contribution < 1.29 is 19.0 Å². The van der Waals surface area contributed by atoms with Crippen LogP contribution in [0.4, 0.5) is 10.1 Å². The highest BCUT2D eigenvalue weighted by atomic mass is 19.1. The van der Waals surface area contributed by atoms with Gasteiger partial charge in [0, 0.05) is 12.7 Å². The standard InChI is InChI=1S/C14H16FN3O3/c1-8-11(13(21-3)18(2)17-8)12(14(19)20)16-10-6-4-5-9(15)7-10/h4-7,12,16H,1-3H3,(H,19,20). The van der Waals surface area contributed by atoms with E-state index in [1.165, 1.54) is 30.0 Å². The molecule has 6 nitrogen and oxygen atoms in total. The Hall–Kier alpha value is -2.57. The first-order valence-electron chi connectivity index (χ1n) is 6.26. The Morgan fingerprint density at radius 3 is 2.81 bits per heavy atom. The normalized spacial score (nSPS) is 12.0. The van der Waals surface area contributed by atoms with Crippen molar-refractivity contribution in [3.63, 3.8) is 0 Å². The molecule has 1 aromatic carbocycles. The lowest BCUT2D eigenvalue weighted by Crippen LogP contribution is -2.21. The monoisotopic (exact) mass is 293 g/mol. The quantitative estimate of drug-likeness (QED) is 0.883. The molecule has 0 fully saturated rings. The van der Waals surface area contributed by atoms with E-state index in [1.54, 1.807) is 20.0 Å². The Balaban J connectivity index is 2.43. The molecule has 0 spiro atoms. The molecule has 1 unspecified atom stereocenters. The predicted octanol–water partition coefficient (Wildman–Crippen LogP) is 2.11. The van der Waals surface area contributed by atoms with E-state index in [0.717, 1.165) is 0 Å². The second kappa shape index (κ2) is 5.82. The molecule has 0 saturated carbocycles. The van der Waals surface area contributed by atoms with Gasteiger partial charge in [-0.2, -0.15) is 5.10 Å². The van der Waals surface area contributed by atoms with Crippen LogP contribution in [0, 0.1) is 12.7 Å². The second-order valence-corrected chi connectivity index (χ2v) is 4.56. The van der Waals surface area contributed by atoms with Gasteiger partial charge in [-0.3, -0.25) is 0 Å². The number of carboxylic acids is 1. The Bertz CT molecular complexity index is 669. The van der Waals surface area contributed by atoms with E-state index in [4.69, 9.17) is 4.74 Å². The number of ether oxygens (including phenoxy) is 1. The van der Waals surface area contributed by atoms with E-state index in [-0.39, 0.29) is 0 Å². The Morgan fingerprint density at radius 1 is 1.52 bits per heavy atom. The summed E-state index contributed by atoms with van der Waals surface area (Å²) in [6, 6.07) is 4.53. The van der Waals surface area contributed by atoms with Crippen molar-refractivity contribution in [2.75, 3.05) is 12.4 Å². The first-order chi connectivity index (χ1) is 9.93. The van der Waals surface area contributed by atoms with Crippen molar-refractivity contribution in [3.05, 3.63) is 41.3 Å². The highest BCUT2D eigenvalue weighted by Gasteiger charge is 2.29. The number of aromatic nitrogens is 2. The molecule has 0 aliphatic carbocycles. The SMILES string of the molecule is COc1c(C(Nc2cccc(F)c2)C(=O)O)c(C)nn1C. The highest BCUT2D eigenvalue weighted by Crippen LogP contribution is 2.30. The Morgan fingerprint density at radius 2 is 2.24 bits per heavy atom. The van der Waals surface area contributed by atoms with E-state index >= 15 is 0 Å². The average molecular weight is 293 g/mol. The number of methoxy groups -OCH3 is 1. The lowest BCUT2D eigenvalue weighted by molar-refractivity contribution is -0.138. The zero-order valence-corrected chi connectivity index (χ0v) is 11.9. The summed E-state index contributed by atoms with van der Waals surface area (Å²) < 4.78 is 19.9. The molecule has 0 saturated heterocycles. The van der Waals surface area contributed by atoms with Crippen molar-refractivity contribution in [2.45, 2.75) is 13.0 Å². The number of aryl methyl sites for hydroxylation is 2. The number of hydrogen-bond donors (Lipinski definition) is 2. The van der Waals surface area contributed by atoms with Crippen LogP contribution in [0.5, 0.6) is 5.88 Å². The molecular weight excluding hydrogens is 277 g/mol. The molecule has 21 heavy (non-hydrogen) atoms. The number of hydrogen-bond acceptors (Lipinski definition) is 4. The van der Waals surface area contributed by atoms with Gasteiger partial charge < -0.3 is 15.2 Å². The van der Waals surface area contributed by atoms with Crippen LogP contribution in [0.1, 0.15) is 17.3 Å². The molecule has 7 heteroatoms. The molecule has 1 atom stereocenters. The lowest BCUT2D eigenvalue weighted by atomic mass is 10.1. The molecule has 0 bridgehead atoms. The van der Waals surface area contributed by atoms with Crippen LogP contribution in [0.2, 0.25) is 0 Å². The number of benzene rings is 1. The van der Waals surface area contributed by atoms with Crippen molar-refractivity contribution in [1.82, 2.24) is 9.78 Å². The fourth-order valence-corrected chi connectivity index (χ4v) is 2.23. The van der Waals surface area contributed by atoms with Crippen LogP contribution >= 0.6 is 0 Å². The van der Waals surface area contributed by atoms with E-state index < -0.39 is 17.8 Å². The summed E-state index contributed by atoms with van der Waals surface area (Å²) in [5.74, 6) is -1.20. The first-order valence-corrected chi connectivity index (χ1v) is 6.26. The Kier molecular flexibility index (Phi) is 4.11. The minimum absolute atomic E-state index is 0.351. The van der Waals surface area contributed by atoms with Gasteiger partial charge in [-0.15, -0.1) is 0 Å². The van der Waals surface area contributed by atoms with Gasteiger partial charge in [0.1, 0.15) is 5.82 Å². The van der Waals surface area contributed by atoms with Crippen molar-refractivity contribution >= 4 is 11.7 Å². The fourth-order valence-electron chi connectivity index (χ4n) is 2.23. The number of aliphatic carboxylic acids is 1. The molecule has 2 N–H and O–H groups in total. The molecule has 0 aliphatic rings. The largest absolute Gasteiger partial charge is 0.481 e. The van der Waals surface area contributed by atoms with Gasteiger partial charge in [0.05, 0.1) is 18.4 Å². The number of carbonyl (C=O) groups is 1. The van der Waals surface area contributed by atoms with Crippen LogP contribution in [0.3, 0.4) is 0 Å². The zero-order valence-electron chi connectivity index (χ0n) is 11.9. The third-order valence-corrected chi connectivity index (χ3v) is 3.08. The number of halogens is 1. The number of nitrogens with one attached hydrogen (secondary N) is 1. The van der Waals surface area contributed by atoms with Gasteiger partial charge in [0.2, 0.25) is 5.88 Å². The highest BCUT2D eigenvalue weighted by molar-refractivity contribution is 5.80. The van der Waals surface area contributed by atoms with Gasteiger partial charge >= 0.3 is 5.97 Å². The molecule has 1 heterocycles. The van der Waals surface area contributed by atoms with Gasteiger partial charge in [0.15, 0.2) is 6.04 Å². The first kappa shape index (κ1) is 14.8. The van der Waals surface area contributed by atoms with Gasteiger partial charge in [-0.1, -0.05) is 6.07 Å². The smallest absolute Gasteiger partial charge is 0.331 e. The number of anilines is 1.